The number of hydrogen-bond acceptors (Lipinski definition) is 3. The van der Waals surface area contributed by atoms with Crippen LogP contribution in [0.2, 0.25) is 0 Å². The van der Waals surface area contributed by atoms with Gasteiger partial charge in [-0.1, -0.05) is 0 Å². The monoisotopic (exact) mass is 187 g/mol. The van der Waals surface area contributed by atoms with Crippen LogP contribution in [0.15, 0.2) is 24.3 Å². The van der Waals surface area contributed by atoms with Crippen LogP contribution in [0.4, 0.5) is 0 Å². The Balaban J connectivity index is 3.09. The van der Waals surface area contributed by atoms with Crippen molar-refractivity contribution in [1.82, 2.24) is 0 Å². The maximum absolute atomic E-state index is 11.7. The molecule has 0 spiro atoms. The van der Waals surface area contributed by atoms with Crippen molar-refractivity contribution in [2.75, 3.05) is 0 Å². The first-order valence-electron chi connectivity index (χ1n) is 6.91. The number of carbonyl (C=O) groups is 1. The van der Waals surface area contributed by atoms with Gasteiger partial charge in [-0.15, -0.1) is 0 Å². The van der Waals surface area contributed by atoms with E-state index in [1.807, 2.05) is 0 Å². The van der Waals surface area contributed by atoms with Gasteiger partial charge in [-0.3, -0.25) is 0 Å². The molecular weight excluding hydrogens is 168 g/mol. The summed E-state index contributed by atoms with van der Waals surface area (Å²) < 4.78 is 54.5. The number of phenols is 1. The molecule has 1 rings (SSSR count). The number of esters is 1. The predicted octanol–water partition coefficient (Wildman–Crippen LogP) is 1.96. The zero-order chi connectivity index (χ0) is 15.8. The van der Waals surface area contributed by atoms with Gasteiger partial charge in [0.25, 0.3) is 0 Å². The first kappa shape index (κ1) is 3.70. The van der Waals surface area contributed by atoms with Gasteiger partial charge >= 0.3 is 5.97 Å². The highest BCUT2D eigenvalue weighted by Crippen LogP contribution is 2.11. The molecule has 1 aromatic rings. The van der Waals surface area contributed by atoms with Gasteiger partial charge in [0.15, 0.2) is 0 Å². The molecule has 0 aliphatic carbocycles. The van der Waals surface area contributed by atoms with Crippen LogP contribution in [-0.4, -0.2) is 17.2 Å². The summed E-state index contributed by atoms with van der Waals surface area (Å²) in [6.07, 6.45) is -3.37. The van der Waals surface area contributed by atoms with Gasteiger partial charge in [0.05, 0.1) is 13.0 Å². The molecule has 0 atom stereocenters. The number of hydrogen-bond donors (Lipinski definition) is 1. The molecule has 0 aliphatic heterocycles. The summed E-state index contributed by atoms with van der Waals surface area (Å²) in [6.45, 7) is -6.68. The van der Waals surface area contributed by atoms with Gasteiger partial charge in [-0.05, 0) is 38.0 Å². The fraction of sp³-hybridized carbons (Fsp3) is 0.300. The van der Waals surface area contributed by atoms with E-state index in [1.165, 1.54) is 0 Å². The van der Waals surface area contributed by atoms with Crippen molar-refractivity contribution in [2.24, 2.45) is 0 Å². The minimum Gasteiger partial charge on any atom is -0.508 e. The molecule has 1 N–H and O–H groups in total. The fourth-order valence-corrected chi connectivity index (χ4v) is 0.749. The van der Waals surface area contributed by atoms with Crippen molar-refractivity contribution in [3.63, 3.8) is 0 Å². The van der Waals surface area contributed by atoms with Gasteiger partial charge in [-0.2, -0.15) is 0 Å². The third-order valence-corrected chi connectivity index (χ3v) is 1.30. The molecule has 0 aromatic heterocycles. The standard InChI is InChI=1S/C10H12O3/c1-7(2)13-10(12)8-3-5-9(11)6-4-8/h3-7,11H,1-2H3/i1D3,2D3,7D. The molecule has 3 heteroatoms. The number of aromatic hydroxyl groups is 1. The lowest BCUT2D eigenvalue weighted by atomic mass is 10.2. The lowest BCUT2D eigenvalue weighted by Gasteiger charge is -2.07. The molecule has 1 aromatic carbocycles. The van der Waals surface area contributed by atoms with Crippen LogP contribution in [-0.2, 0) is 4.74 Å². The van der Waals surface area contributed by atoms with Crippen LogP contribution in [0.3, 0.4) is 0 Å². The number of ether oxygens (including phenoxy) is 1. The number of phenolic OH excluding ortho intramolecular Hbond substituents is 1. The Labute approximate surface area is 86.8 Å². The van der Waals surface area contributed by atoms with Gasteiger partial charge in [-0.25, -0.2) is 4.79 Å². The molecule has 0 bridgehead atoms. The van der Waals surface area contributed by atoms with Crippen LogP contribution in [0, 0.1) is 0 Å². The van der Waals surface area contributed by atoms with Crippen molar-refractivity contribution in [3.8, 4) is 5.75 Å². The second-order valence-electron chi connectivity index (χ2n) is 2.27. The van der Waals surface area contributed by atoms with Gasteiger partial charge in [0.2, 0.25) is 0 Å². The molecular formula is C10H12O3. The van der Waals surface area contributed by atoms with E-state index in [0.29, 0.717) is 0 Å². The molecule has 0 radical (unpaired) electrons. The summed E-state index contributed by atoms with van der Waals surface area (Å²) in [4.78, 5) is 11.7. The van der Waals surface area contributed by atoms with E-state index in [4.69, 9.17) is 14.7 Å². The number of carbonyl (C=O) groups excluding carboxylic acids is 1. The topological polar surface area (TPSA) is 46.5 Å². The summed E-state index contributed by atoms with van der Waals surface area (Å²) in [6, 6.07) is 4.54. The minimum atomic E-state index is -3.37. The molecule has 0 aliphatic rings. The second kappa shape index (κ2) is 3.94. The minimum absolute atomic E-state index is 0.134. The fourth-order valence-electron chi connectivity index (χ4n) is 0.749. The largest absolute Gasteiger partial charge is 0.508 e. The van der Waals surface area contributed by atoms with E-state index < -0.39 is 25.8 Å². The molecule has 0 heterocycles. The van der Waals surface area contributed by atoms with Gasteiger partial charge in [0.1, 0.15) is 5.75 Å². The highest BCUT2D eigenvalue weighted by molar-refractivity contribution is 5.89. The molecule has 70 valence electrons. The molecule has 0 amide bonds. The zero-order valence-electron chi connectivity index (χ0n) is 13.6. The summed E-state index contributed by atoms with van der Waals surface area (Å²) in [7, 11) is 0. The first-order chi connectivity index (χ1) is 8.88. The van der Waals surface area contributed by atoms with Crippen LogP contribution >= 0.6 is 0 Å². The van der Waals surface area contributed by atoms with Crippen molar-refractivity contribution >= 4 is 5.97 Å². The highest BCUT2D eigenvalue weighted by atomic mass is 16.5. The van der Waals surface area contributed by atoms with Crippen LogP contribution in [0.25, 0.3) is 0 Å². The Bertz CT molecular complexity index is 475. The Morgan fingerprint density at radius 3 is 2.69 bits per heavy atom. The lowest BCUT2D eigenvalue weighted by Crippen LogP contribution is -2.11. The molecule has 0 saturated carbocycles. The maximum Gasteiger partial charge on any atom is 0.338 e. The first-order valence-corrected chi connectivity index (χ1v) is 3.41. The van der Waals surface area contributed by atoms with Gasteiger partial charge in [0, 0.05) is 8.22 Å². The van der Waals surface area contributed by atoms with E-state index in [2.05, 4.69) is 4.74 Å². The Morgan fingerprint density at radius 2 is 2.15 bits per heavy atom. The van der Waals surface area contributed by atoms with E-state index >= 15 is 0 Å². The van der Waals surface area contributed by atoms with Crippen molar-refractivity contribution in [1.29, 1.82) is 0 Å². The maximum atomic E-state index is 11.7. The molecule has 0 saturated heterocycles. The molecule has 3 nitrogen and oxygen atoms in total. The molecule has 13 heavy (non-hydrogen) atoms. The van der Waals surface area contributed by atoms with E-state index in [1.54, 1.807) is 0 Å². The number of benzene rings is 1. The third kappa shape index (κ3) is 2.78. The van der Waals surface area contributed by atoms with Crippen molar-refractivity contribution in [2.45, 2.75) is 19.8 Å². The van der Waals surface area contributed by atoms with Crippen molar-refractivity contribution in [3.05, 3.63) is 29.8 Å². The normalized spacial score (nSPS) is 20.8. The Morgan fingerprint density at radius 1 is 1.54 bits per heavy atom. The smallest absolute Gasteiger partial charge is 0.338 e. The van der Waals surface area contributed by atoms with Crippen LogP contribution < -0.4 is 0 Å². The third-order valence-electron chi connectivity index (χ3n) is 1.30. The molecule has 0 fully saturated rings. The summed E-state index contributed by atoms with van der Waals surface area (Å²) >= 11 is 0. The molecule has 0 unspecified atom stereocenters. The zero-order valence-corrected chi connectivity index (χ0v) is 6.57. The van der Waals surface area contributed by atoms with E-state index in [-0.39, 0.29) is 11.3 Å². The quantitative estimate of drug-likeness (QED) is 0.720. The highest BCUT2D eigenvalue weighted by Gasteiger charge is 2.07. The number of rotatable bonds is 2. The predicted molar refractivity (Wildman–Crippen MR) is 48.7 cm³/mol. The SMILES string of the molecule is [2H]C([2H])([2H])C([2H])(OC(=O)c1ccc(O)cc1)C([2H])([2H])[2H]. The average Bonchev–Trinajstić information content (AvgIpc) is 2.26. The van der Waals surface area contributed by atoms with E-state index in [9.17, 15) is 4.79 Å². The van der Waals surface area contributed by atoms with Crippen LogP contribution in [0.5, 0.6) is 5.75 Å². The van der Waals surface area contributed by atoms with Gasteiger partial charge < -0.3 is 9.84 Å². The van der Waals surface area contributed by atoms with Crippen LogP contribution in [0.1, 0.15) is 33.7 Å². The Kier molecular flexibility index (Phi) is 1.12. The van der Waals surface area contributed by atoms with Crippen molar-refractivity contribution < 1.29 is 24.2 Å². The van der Waals surface area contributed by atoms with E-state index in [0.717, 1.165) is 24.3 Å². The second-order valence-corrected chi connectivity index (χ2v) is 2.27. The summed E-state index contributed by atoms with van der Waals surface area (Å²) in [5.41, 5.74) is -0.173. The Hall–Kier alpha value is -1.51. The summed E-state index contributed by atoms with van der Waals surface area (Å²) in [5, 5.41) is 9.06. The average molecular weight is 187 g/mol. The lowest BCUT2D eigenvalue weighted by molar-refractivity contribution is 0.0378. The summed E-state index contributed by atoms with van der Waals surface area (Å²) in [5.74, 6) is -1.41.